The molecule has 122 valence electrons. The number of likely N-dealkylation sites (N-methyl/N-ethyl adjacent to an activating group) is 1. The first-order valence-corrected chi connectivity index (χ1v) is 8.97. The number of ether oxygens (including phenoxy) is 2. The summed E-state index contributed by atoms with van der Waals surface area (Å²) < 4.78 is 38.3. The van der Waals surface area contributed by atoms with Gasteiger partial charge in [0, 0.05) is 11.6 Å². The summed E-state index contributed by atoms with van der Waals surface area (Å²) in [5.41, 5.74) is 1.43. The van der Waals surface area contributed by atoms with Crippen molar-refractivity contribution < 1.29 is 17.9 Å². The second-order valence-electron chi connectivity index (χ2n) is 6.10. The monoisotopic (exact) mass is 326 g/mol. The van der Waals surface area contributed by atoms with E-state index in [9.17, 15) is 8.42 Å². The van der Waals surface area contributed by atoms with Gasteiger partial charge < -0.3 is 14.4 Å². The Labute approximate surface area is 131 Å². The van der Waals surface area contributed by atoms with Gasteiger partial charge in [-0.2, -0.15) is 0 Å². The molecule has 1 aromatic carbocycles. The van der Waals surface area contributed by atoms with Crippen LogP contribution in [-0.2, 0) is 16.4 Å². The molecular formula is C15H22N2O4S. The smallest absolute Gasteiger partial charge is 0.235 e. The Bertz CT molecular complexity index is 668. The maximum absolute atomic E-state index is 12.2. The zero-order chi connectivity index (χ0) is 15.9. The molecule has 0 aromatic heterocycles. The highest BCUT2D eigenvalue weighted by atomic mass is 32.2. The van der Waals surface area contributed by atoms with Crippen LogP contribution in [0.15, 0.2) is 12.1 Å². The summed E-state index contributed by atoms with van der Waals surface area (Å²) in [5, 5.41) is -0.261. The zero-order valence-corrected chi connectivity index (χ0v) is 13.9. The van der Waals surface area contributed by atoms with Crippen molar-refractivity contribution in [1.29, 1.82) is 0 Å². The summed E-state index contributed by atoms with van der Waals surface area (Å²) in [6, 6.07) is 3.76. The molecule has 1 heterocycles. The Morgan fingerprint density at radius 3 is 2.64 bits per heavy atom. The number of nitrogens with one attached hydrogen (secondary N) is 1. The highest BCUT2D eigenvalue weighted by molar-refractivity contribution is 7.93. The van der Waals surface area contributed by atoms with Gasteiger partial charge in [-0.05, 0) is 45.5 Å². The van der Waals surface area contributed by atoms with Crippen molar-refractivity contribution in [3.05, 3.63) is 17.7 Å². The van der Waals surface area contributed by atoms with Crippen LogP contribution >= 0.6 is 0 Å². The third kappa shape index (κ3) is 2.87. The molecule has 0 radical (unpaired) electrons. The fourth-order valence-corrected chi connectivity index (χ4v) is 4.05. The minimum Gasteiger partial charge on any atom is -0.496 e. The Balaban J connectivity index is 1.95. The van der Waals surface area contributed by atoms with Gasteiger partial charge in [-0.1, -0.05) is 0 Å². The molecule has 1 N–H and O–H groups in total. The molecule has 1 atom stereocenters. The summed E-state index contributed by atoms with van der Waals surface area (Å²) in [6.07, 6.45) is 2.24. The number of anilines is 1. The van der Waals surface area contributed by atoms with E-state index < -0.39 is 10.0 Å². The molecule has 2 aliphatic rings. The van der Waals surface area contributed by atoms with Crippen LogP contribution in [0.1, 0.15) is 18.4 Å². The molecule has 6 nitrogen and oxygen atoms in total. The Hall–Kier alpha value is -1.47. The summed E-state index contributed by atoms with van der Waals surface area (Å²) in [6.45, 7) is 0.533. The number of nitrogens with zero attached hydrogens (tertiary/aromatic N) is 1. The first kappa shape index (κ1) is 15.4. The number of hydrogen-bond donors (Lipinski definition) is 1. The van der Waals surface area contributed by atoms with Crippen molar-refractivity contribution in [2.24, 2.45) is 0 Å². The lowest BCUT2D eigenvalue weighted by atomic mass is 10.00. The standard InChI is InChI=1S/C15H22N2O4S/c1-17(2)10-8-12-14(20-3)7-6-13(15(12)21-9-10)16-22(18,19)11-4-5-11/h6-7,10-11,16H,4-5,8-9H2,1-3H3/t10-/m1/s1. The van der Waals surface area contributed by atoms with E-state index in [1.165, 1.54) is 0 Å². The van der Waals surface area contributed by atoms with Crippen LogP contribution in [0.2, 0.25) is 0 Å². The topological polar surface area (TPSA) is 67.9 Å². The van der Waals surface area contributed by atoms with Crippen LogP contribution in [0.25, 0.3) is 0 Å². The molecule has 1 aliphatic carbocycles. The van der Waals surface area contributed by atoms with E-state index in [1.54, 1.807) is 19.2 Å². The van der Waals surface area contributed by atoms with Crippen molar-refractivity contribution in [1.82, 2.24) is 4.90 Å². The van der Waals surface area contributed by atoms with Crippen LogP contribution in [0.3, 0.4) is 0 Å². The van der Waals surface area contributed by atoms with E-state index in [0.29, 0.717) is 18.0 Å². The van der Waals surface area contributed by atoms with Crippen molar-refractivity contribution in [3.8, 4) is 11.5 Å². The van der Waals surface area contributed by atoms with Crippen molar-refractivity contribution in [3.63, 3.8) is 0 Å². The molecule has 0 bridgehead atoms. The molecule has 0 unspecified atom stereocenters. The quantitative estimate of drug-likeness (QED) is 0.887. The van der Waals surface area contributed by atoms with Crippen LogP contribution < -0.4 is 14.2 Å². The zero-order valence-electron chi connectivity index (χ0n) is 13.1. The first-order chi connectivity index (χ1) is 10.4. The largest absolute Gasteiger partial charge is 0.496 e. The first-order valence-electron chi connectivity index (χ1n) is 7.43. The van der Waals surface area contributed by atoms with E-state index >= 15 is 0 Å². The van der Waals surface area contributed by atoms with Crippen LogP contribution in [-0.4, -0.2) is 52.4 Å². The number of rotatable bonds is 5. The summed E-state index contributed by atoms with van der Waals surface area (Å²) in [5.74, 6) is 1.33. The molecule has 1 saturated carbocycles. The molecule has 22 heavy (non-hydrogen) atoms. The minimum absolute atomic E-state index is 0.247. The highest BCUT2D eigenvalue weighted by Gasteiger charge is 2.37. The third-order valence-corrected chi connectivity index (χ3v) is 6.10. The predicted molar refractivity (Wildman–Crippen MR) is 85.2 cm³/mol. The van der Waals surface area contributed by atoms with Gasteiger partial charge in [0.15, 0.2) is 0 Å². The van der Waals surface area contributed by atoms with Gasteiger partial charge in [0.05, 0.1) is 18.0 Å². The average molecular weight is 326 g/mol. The number of methoxy groups -OCH3 is 1. The fraction of sp³-hybridized carbons (Fsp3) is 0.600. The Kier molecular flexibility index (Phi) is 3.94. The maximum atomic E-state index is 12.2. The SMILES string of the molecule is COc1ccc(NS(=O)(=O)C2CC2)c2c1C[C@@H](N(C)C)CO2. The minimum atomic E-state index is -3.30. The molecule has 1 aromatic rings. The van der Waals surface area contributed by atoms with E-state index in [2.05, 4.69) is 9.62 Å². The van der Waals surface area contributed by atoms with Gasteiger partial charge in [-0.25, -0.2) is 8.42 Å². The van der Waals surface area contributed by atoms with Gasteiger partial charge in [-0.3, -0.25) is 4.72 Å². The van der Waals surface area contributed by atoms with Gasteiger partial charge in [-0.15, -0.1) is 0 Å². The van der Waals surface area contributed by atoms with Crippen molar-refractivity contribution >= 4 is 15.7 Å². The Morgan fingerprint density at radius 2 is 2.05 bits per heavy atom. The normalized spacial score (nSPS) is 21.2. The van der Waals surface area contributed by atoms with Crippen molar-refractivity contribution in [2.45, 2.75) is 30.6 Å². The third-order valence-electron chi connectivity index (χ3n) is 4.24. The second kappa shape index (κ2) is 5.62. The Morgan fingerprint density at radius 1 is 1.32 bits per heavy atom. The lowest BCUT2D eigenvalue weighted by Gasteiger charge is -2.32. The summed E-state index contributed by atoms with van der Waals surface area (Å²) in [7, 11) is 2.32. The predicted octanol–water partition coefficient (Wildman–Crippen LogP) is 1.46. The molecule has 0 amide bonds. The van der Waals surface area contributed by atoms with Crippen molar-refractivity contribution in [2.75, 3.05) is 32.5 Å². The molecule has 3 rings (SSSR count). The number of sulfonamides is 1. The molecule has 7 heteroatoms. The van der Waals surface area contributed by atoms with Gasteiger partial charge >= 0.3 is 0 Å². The van der Waals surface area contributed by atoms with Gasteiger partial charge in [0.25, 0.3) is 0 Å². The maximum Gasteiger partial charge on any atom is 0.235 e. The van der Waals surface area contributed by atoms with E-state index in [-0.39, 0.29) is 11.3 Å². The number of benzene rings is 1. The van der Waals surface area contributed by atoms with Crippen LogP contribution in [0, 0.1) is 0 Å². The summed E-state index contributed by atoms with van der Waals surface area (Å²) in [4.78, 5) is 2.10. The molecule has 1 fully saturated rings. The van der Waals surface area contributed by atoms with Gasteiger partial charge in [0.2, 0.25) is 10.0 Å². The number of hydrogen-bond acceptors (Lipinski definition) is 5. The van der Waals surface area contributed by atoms with Gasteiger partial charge in [0.1, 0.15) is 18.1 Å². The summed E-state index contributed by atoms with van der Waals surface area (Å²) >= 11 is 0. The fourth-order valence-electron chi connectivity index (χ4n) is 2.66. The number of fused-ring (bicyclic) bond motifs is 1. The van der Waals surface area contributed by atoms with E-state index in [0.717, 1.165) is 30.6 Å². The lowest BCUT2D eigenvalue weighted by molar-refractivity contribution is 0.164. The molecule has 1 aliphatic heterocycles. The lowest BCUT2D eigenvalue weighted by Crippen LogP contribution is -2.38. The molecule has 0 spiro atoms. The highest BCUT2D eigenvalue weighted by Crippen LogP contribution is 2.41. The van der Waals surface area contributed by atoms with E-state index in [1.807, 2.05) is 14.1 Å². The molecular weight excluding hydrogens is 304 g/mol. The van der Waals surface area contributed by atoms with E-state index in [4.69, 9.17) is 9.47 Å². The van der Waals surface area contributed by atoms with Crippen LogP contribution in [0.5, 0.6) is 11.5 Å². The van der Waals surface area contributed by atoms with Crippen LogP contribution in [0.4, 0.5) is 5.69 Å². The second-order valence-corrected chi connectivity index (χ2v) is 8.06. The molecule has 0 saturated heterocycles. The average Bonchev–Trinajstić information content (AvgIpc) is 3.31.